The van der Waals surface area contributed by atoms with Crippen LogP contribution in [0.3, 0.4) is 0 Å². The molecule has 0 spiro atoms. The molecule has 1 N–H and O–H groups in total. The van der Waals surface area contributed by atoms with Crippen LogP contribution in [0.25, 0.3) is 0 Å². The minimum absolute atomic E-state index is 0.367. The summed E-state index contributed by atoms with van der Waals surface area (Å²) in [5.41, 5.74) is 4.75. The number of hydrogen-bond acceptors (Lipinski definition) is 4. The van der Waals surface area contributed by atoms with E-state index in [0.717, 1.165) is 33.6 Å². The Bertz CT molecular complexity index is 1080. The summed E-state index contributed by atoms with van der Waals surface area (Å²) in [5.74, 6) is 5.95. The zero-order chi connectivity index (χ0) is 28.5. The van der Waals surface area contributed by atoms with Crippen molar-refractivity contribution >= 4 is 11.8 Å². The van der Waals surface area contributed by atoms with Crippen molar-refractivity contribution in [3.05, 3.63) is 53.1 Å². The summed E-state index contributed by atoms with van der Waals surface area (Å²) < 4.78 is 11.5. The molecule has 0 aliphatic heterocycles. The predicted octanol–water partition coefficient (Wildman–Crippen LogP) is 9.35. The van der Waals surface area contributed by atoms with Crippen LogP contribution in [-0.4, -0.2) is 25.1 Å². The molecule has 3 fully saturated rings. The first-order valence-electron chi connectivity index (χ1n) is 15.1. The fraction of sp³-hybridized carbons (Fsp3) is 0.657. The molecule has 1 aromatic rings. The van der Waals surface area contributed by atoms with Crippen LogP contribution in [0.4, 0.5) is 0 Å². The number of fused-ring (bicyclic) bond motifs is 1. The molecule has 1 aromatic carbocycles. The smallest absolute Gasteiger partial charge is 0.136 e. The van der Waals surface area contributed by atoms with Gasteiger partial charge in [-0.1, -0.05) is 52.0 Å². The van der Waals surface area contributed by atoms with Gasteiger partial charge < -0.3 is 14.6 Å². The lowest BCUT2D eigenvalue weighted by Gasteiger charge is -2.44. The maximum absolute atomic E-state index is 10.6. The third-order valence-corrected chi connectivity index (χ3v) is 11.6. The molecule has 6 atom stereocenters. The average molecular weight is 553 g/mol. The third-order valence-electron chi connectivity index (χ3n) is 10.2. The molecule has 0 aromatic heterocycles. The van der Waals surface area contributed by atoms with Crippen molar-refractivity contribution in [2.45, 2.75) is 97.0 Å². The van der Waals surface area contributed by atoms with E-state index in [-0.39, 0.29) is 0 Å². The fourth-order valence-electron chi connectivity index (χ4n) is 7.96. The highest BCUT2D eigenvalue weighted by molar-refractivity contribution is 7.99. The van der Waals surface area contributed by atoms with Crippen molar-refractivity contribution in [2.24, 2.45) is 35.0 Å². The second kappa shape index (κ2) is 12.1. The molecule has 2 unspecified atom stereocenters. The van der Waals surface area contributed by atoms with Gasteiger partial charge in [0.15, 0.2) is 0 Å². The highest BCUT2D eigenvalue weighted by atomic mass is 32.2. The topological polar surface area (TPSA) is 38.7 Å². The molecule has 4 heteroatoms. The highest BCUT2D eigenvalue weighted by Gasteiger charge is 2.50. The van der Waals surface area contributed by atoms with Gasteiger partial charge in [0.2, 0.25) is 0 Å². The summed E-state index contributed by atoms with van der Waals surface area (Å²) in [5, 5.41) is 10.6. The number of rotatable bonds is 8. The lowest BCUT2D eigenvalue weighted by Crippen LogP contribution is -2.36. The van der Waals surface area contributed by atoms with Crippen molar-refractivity contribution in [2.75, 3.05) is 20.0 Å². The molecule has 3 saturated carbocycles. The Kier molecular flexibility index (Phi) is 9.38. The summed E-state index contributed by atoms with van der Waals surface area (Å²) >= 11 is 1.84. The SMILES string of the molecule is C=C1/C(=C\C=C2/CCC[C@@]3(C)C2CCC3[C@@H](C)CSc2c(OC)cc(C(C)(C)O)cc2OC)C[C@@H](C)C[C@@H]1C. The lowest BCUT2D eigenvalue weighted by atomic mass is 9.61. The summed E-state index contributed by atoms with van der Waals surface area (Å²) in [6.45, 7) is 17.8. The fourth-order valence-corrected chi connectivity index (χ4v) is 9.19. The third kappa shape index (κ3) is 6.32. The molecule has 3 aliphatic carbocycles. The molecule has 0 heterocycles. The van der Waals surface area contributed by atoms with E-state index in [2.05, 4.69) is 46.4 Å². The number of aliphatic hydroxyl groups is 1. The molecular formula is C35H52O3S. The van der Waals surface area contributed by atoms with Crippen molar-refractivity contribution in [3.8, 4) is 11.5 Å². The number of ether oxygens (including phenoxy) is 2. The Morgan fingerprint density at radius 2 is 1.82 bits per heavy atom. The number of hydrogen-bond donors (Lipinski definition) is 1. The Morgan fingerprint density at radius 3 is 2.44 bits per heavy atom. The quantitative estimate of drug-likeness (QED) is 0.326. The first-order valence-corrected chi connectivity index (χ1v) is 16.1. The Hall–Kier alpha value is -1.65. The van der Waals surface area contributed by atoms with Crippen molar-refractivity contribution < 1.29 is 14.6 Å². The van der Waals surface area contributed by atoms with E-state index in [4.69, 9.17) is 9.47 Å². The summed E-state index contributed by atoms with van der Waals surface area (Å²) in [6, 6.07) is 3.91. The monoisotopic (exact) mass is 552 g/mol. The van der Waals surface area contributed by atoms with E-state index in [1.165, 1.54) is 56.1 Å². The number of methoxy groups -OCH3 is 2. The van der Waals surface area contributed by atoms with Gasteiger partial charge in [0.05, 0.1) is 24.7 Å². The summed E-state index contributed by atoms with van der Waals surface area (Å²) in [6.07, 6.45) is 13.9. The van der Waals surface area contributed by atoms with Crippen LogP contribution in [0.1, 0.15) is 92.1 Å². The summed E-state index contributed by atoms with van der Waals surface area (Å²) in [4.78, 5) is 1.03. The van der Waals surface area contributed by atoms with Gasteiger partial charge in [-0.15, -0.1) is 11.8 Å². The second-order valence-corrected chi connectivity index (χ2v) is 14.6. The van der Waals surface area contributed by atoms with E-state index in [9.17, 15) is 5.11 Å². The zero-order valence-corrected chi connectivity index (χ0v) is 26.5. The van der Waals surface area contributed by atoms with Gasteiger partial charge in [-0.25, -0.2) is 0 Å². The number of thioether (sulfide) groups is 1. The largest absolute Gasteiger partial charge is 0.495 e. The Morgan fingerprint density at radius 1 is 1.15 bits per heavy atom. The van der Waals surface area contributed by atoms with Crippen LogP contribution < -0.4 is 9.47 Å². The zero-order valence-electron chi connectivity index (χ0n) is 25.7. The van der Waals surface area contributed by atoms with E-state index in [1.54, 1.807) is 33.6 Å². The molecule has 4 rings (SSSR count). The Labute approximate surface area is 242 Å². The van der Waals surface area contributed by atoms with Crippen molar-refractivity contribution in [3.63, 3.8) is 0 Å². The van der Waals surface area contributed by atoms with E-state index >= 15 is 0 Å². The highest BCUT2D eigenvalue weighted by Crippen LogP contribution is 2.60. The van der Waals surface area contributed by atoms with Gasteiger partial charge in [0, 0.05) is 5.75 Å². The normalized spacial score (nSPS) is 32.4. The van der Waals surface area contributed by atoms with Gasteiger partial charge in [-0.05, 0) is 123 Å². The van der Waals surface area contributed by atoms with Crippen molar-refractivity contribution in [1.82, 2.24) is 0 Å². The van der Waals surface area contributed by atoms with Crippen molar-refractivity contribution in [1.29, 1.82) is 0 Å². The molecule has 3 nitrogen and oxygen atoms in total. The van der Waals surface area contributed by atoms with Gasteiger partial charge in [-0.2, -0.15) is 0 Å². The maximum atomic E-state index is 10.6. The molecular weight excluding hydrogens is 500 g/mol. The molecule has 0 saturated heterocycles. The standard InChI is InChI=1S/C35H52O3S/c1-22-17-23(2)25(4)27(18-22)13-12-26-11-10-16-35(7)29(14-15-30(26)35)24(3)21-39-33-31(37-8)19-28(34(5,6)36)20-32(33)38-9/h12-13,19-20,22-24,29-30,36H,4,10-11,14-18,21H2,1-3,5-9H3/b26-12+,27-13-/t22-,23-,24-,29?,30?,35+/m0/s1. The number of benzene rings is 1. The van der Waals surface area contributed by atoms with Crippen LogP contribution in [0.15, 0.2) is 52.5 Å². The van der Waals surface area contributed by atoms with Crippen LogP contribution in [-0.2, 0) is 5.60 Å². The van der Waals surface area contributed by atoms with Crippen LogP contribution in [0.2, 0.25) is 0 Å². The molecule has 0 radical (unpaired) electrons. The van der Waals surface area contributed by atoms with Crippen LogP contribution in [0.5, 0.6) is 11.5 Å². The predicted molar refractivity (Wildman–Crippen MR) is 166 cm³/mol. The minimum Gasteiger partial charge on any atom is -0.495 e. The summed E-state index contributed by atoms with van der Waals surface area (Å²) in [7, 11) is 3.41. The maximum Gasteiger partial charge on any atom is 0.136 e. The van der Waals surface area contributed by atoms with Crippen LogP contribution >= 0.6 is 11.8 Å². The van der Waals surface area contributed by atoms with Gasteiger partial charge in [-0.3, -0.25) is 0 Å². The van der Waals surface area contributed by atoms with Gasteiger partial charge >= 0.3 is 0 Å². The van der Waals surface area contributed by atoms with Gasteiger partial charge in [0.1, 0.15) is 11.5 Å². The molecule has 0 amide bonds. The molecule has 39 heavy (non-hydrogen) atoms. The Balaban J connectivity index is 1.50. The van der Waals surface area contributed by atoms with Crippen LogP contribution in [0, 0.1) is 35.0 Å². The second-order valence-electron chi connectivity index (χ2n) is 13.6. The first-order chi connectivity index (χ1) is 18.4. The number of allylic oxidation sites excluding steroid dienone is 5. The minimum atomic E-state index is -0.951. The van der Waals surface area contributed by atoms with E-state index < -0.39 is 5.60 Å². The molecule has 216 valence electrons. The lowest BCUT2D eigenvalue weighted by molar-refractivity contribution is 0.0779. The molecule has 3 aliphatic rings. The first kappa shape index (κ1) is 30.3. The average Bonchev–Trinajstić information content (AvgIpc) is 3.24. The molecule has 0 bridgehead atoms. The van der Waals surface area contributed by atoms with Gasteiger partial charge in [0.25, 0.3) is 0 Å². The van der Waals surface area contributed by atoms with E-state index in [0.29, 0.717) is 29.1 Å². The van der Waals surface area contributed by atoms with E-state index in [1.807, 2.05) is 23.9 Å².